The number of allylic oxidation sites excluding steroid dienone is 2. The van der Waals surface area contributed by atoms with Gasteiger partial charge in [0.15, 0.2) is 0 Å². The summed E-state index contributed by atoms with van der Waals surface area (Å²) in [4.78, 5) is 0. The monoisotopic (exact) mass is 336 g/mol. The number of hydrogen-bond acceptors (Lipinski definition) is 2. The Hall–Kier alpha value is -2.48. The van der Waals surface area contributed by atoms with Crippen LogP contribution in [-0.4, -0.2) is 7.05 Å². The Balaban J connectivity index is 0.000000530. The molecule has 1 unspecified atom stereocenters. The molecule has 0 amide bonds. The largest absolute Gasteiger partial charge is 0.197 e. The topological polar surface area (TPSA) is 24.7 Å². The summed E-state index contributed by atoms with van der Waals surface area (Å²) in [5.41, 5.74) is 3.77. The molecule has 0 saturated heterocycles. The van der Waals surface area contributed by atoms with Gasteiger partial charge in [-0.1, -0.05) is 86.2 Å². The molecule has 0 fully saturated rings. The average molecular weight is 337 g/mol. The van der Waals surface area contributed by atoms with Gasteiger partial charge in [-0.2, -0.15) is 10.2 Å². The molecular formula is C23H32N2. The van der Waals surface area contributed by atoms with Gasteiger partial charge in [0.1, 0.15) is 0 Å². The molecule has 134 valence electrons. The van der Waals surface area contributed by atoms with Crippen LogP contribution in [0.25, 0.3) is 0 Å². The predicted molar refractivity (Wildman–Crippen MR) is 111 cm³/mol. The van der Waals surface area contributed by atoms with E-state index in [2.05, 4.69) is 66.7 Å². The maximum absolute atomic E-state index is 3.96. The first-order valence-corrected chi connectivity index (χ1v) is 8.80. The maximum Gasteiger partial charge on any atom is 0.0849 e. The highest BCUT2D eigenvalue weighted by Gasteiger charge is 2.04. The molecule has 1 atom stereocenters. The van der Waals surface area contributed by atoms with Crippen LogP contribution in [0.5, 0.6) is 0 Å². The number of rotatable bonds is 6. The maximum atomic E-state index is 3.96. The van der Waals surface area contributed by atoms with Gasteiger partial charge in [-0.05, 0) is 24.5 Å². The highest BCUT2D eigenvalue weighted by Crippen LogP contribution is 2.21. The Kier molecular flexibility index (Phi) is 13.6. The molecule has 0 heterocycles. The van der Waals surface area contributed by atoms with Crippen molar-refractivity contribution in [3.05, 3.63) is 96.6 Å². The van der Waals surface area contributed by atoms with E-state index in [4.69, 9.17) is 0 Å². The highest BCUT2D eigenvalue weighted by atomic mass is 15.1. The summed E-state index contributed by atoms with van der Waals surface area (Å²) in [5.74, 6) is 0.361. The van der Waals surface area contributed by atoms with Crippen LogP contribution in [0.2, 0.25) is 0 Å². The molecule has 2 rings (SSSR count). The molecule has 0 bridgehead atoms. The fourth-order valence-electron chi connectivity index (χ4n) is 2.10. The van der Waals surface area contributed by atoms with Gasteiger partial charge in [-0.3, -0.25) is 0 Å². The first-order chi connectivity index (χ1) is 12.2. The number of benzene rings is 2. The zero-order valence-corrected chi connectivity index (χ0v) is 16.2. The van der Waals surface area contributed by atoms with Gasteiger partial charge in [0, 0.05) is 13.0 Å². The van der Waals surface area contributed by atoms with E-state index in [-0.39, 0.29) is 0 Å². The SMILES string of the molecule is C=CCC(C=C)c1ccc(CN=NC)cc1.CC.Cc1ccccc1. The van der Waals surface area contributed by atoms with Crippen molar-refractivity contribution in [2.75, 3.05) is 7.05 Å². The average Bonchev–Trinajstić information content (AvgIpc) is 2.68. The smallest absolute Gasteiger partial charge is 0.0849 e. The van der Waals surface area contributed by atoms with Crippen molar-refractivity contribution in [2.45, 2.75) is 39.7 Å². The van der Waals surface area contributed by atoms with Crippen LogP contribution in [0.15, 0.2) is 90.1 Å². The van der Waals surface area contributed by atoms with Gasteiger partial charge >= 0.3 is 0 Å². The zero-order chi connectivity index (χ0) is 18.9. The summed E-state index contributed by atoms with van der Waals surface area (Å²) in [7, 11) is 1.69. The molecular weight excluding hydrogens is 304 g/mol. The number of nitrogens with zero attached hydrogens (tertiary/aromatic N) is 2. The van der Waals surface area contributed by atoms with E-state index in [1.807, 2.05) is 44.2 Å². The van der Waals surface area contributed by atoms with Crippen LogP contribution in [0.3, 0.4) is 0 Å². The number of azo groups is 1. The minimum Gasteiger partial charge on any atom is -0.197 e. The van der Waals surface area contributed by atoms with E-state index < -0.39 is 0 Å². The van der Waals surface area contributed by atoms with Gasteiger partial charge in [0.25, 0.3) is 0 Å². The highest BCUT2D eigenvalue weighted by molar-refractivity contribution is 5.28. The molecule has 25 heavy (non-hydrogen) atoms. The van der Waals surface area contributed by atoms with Gasteiger partial charge in [0.05, 0.1) is 6.54 Å². The standard InChI is InChI=1S/C14H18N2.C7H8.C2H6/c1-4-6-13(5-2)14-9-7-12(8-10-14)11-16-15-3;1-7-5-3-2-4-6-7;1-2/h4-5,7-10,13H,1-2,6,11H2,3H3;2-6H,1H3;1-2H3. The normalized spacial score (nSPS) is 10.7. The predicted octanol–water partition coefficient (Wildman–Crippen LogP) is 7.14. The van der Waals surface area contributed by atoms with Crippen LogP contribution in [0, 0.1) is 6.92 Å². The van der Waals surface area contributed by atoms with E-state index in [0.717, 1.165) is 6.42 Å². The summed E-state index contributed by atoms with van der Waals surface area (Å²) in [6.45, 7) is 14.3. The third-order valence-corrected chi connectivity index (χ3v) is 3.45. The molecule has 0 radical (unpaired) electrons. The van der Waals surface area contributed by atoms with E-state index in [1.165, 1.54) is 16.7 Å². The van der Waals surface area contributed by atoms with Crippen LogP contribution < -0.4 is 0 Å². The van der Waals surface area contributed by atoms with E-state index >= 15 is 0 Å². The lowest BCUT2D eigenvalue weighted by Gasteiger charge is -2.10. The lowest BCUT2D eigenvalue weighted by molar-refractivity contribution is 0.863. The molecule has 0 aliphatic carbocycles. The Morgan fingerprint density at radius 1 is 0.960 bits per heavy atom. The Morgan fingerprint density at radius 3 is 1.96 bits per heavy atom. The summed E-state index contributed by atoms with van der Waals surface area (Å²) in [6, 6.07) is 18.7. The second-order valence-corrected chi connectivity index (χ2v) is 5.26. The molecule has 2 nitrogen and oxygen atoms in total. The van der Waals surface area contributed by atoms with Crippen LogP contribution in [-0.2, 0) is 6.54 Å². The van der Waals surface area contributed by atoms with Crippen molar-refractivity contribution in [2.24, 2.45) is 10.2 Å². The molecule has 0 aromatic heterocycles. The van der Waals surface area contributed by atoms with E-state index in [0.29, 0.717) is 12.5 Å². The molecule has 2 aromatic carbocycles. The molecule has 0 aliphatic rings. The Morgan fingerprint density at radius 2 is 1.56 bits per heavy atom. The van der Waals surface area contributed by atoms with Crippen molar-refractivity contribution in [3.63, 3.8) is 0 Å². The Labute approximate surface area is 154 Å². The van der Waals surface area contributed by atoms with Gasteiger partial charge in [-0.15, -0.1) is 13.2 Å². The van der Waals surface area contributed by atoms with Gasteiger partial charge < -0.3 is 0 Å². The summed E-state index contributed by atoms with van der Waals surface area (Å²) < 4.78 is 0. The van der Waals surface area contributed by atoms with Crippen molar-refractivity contribution < 1.29 is 0 Å². The zero-order valence-electron chi connectivity index (χ0n) is 16.2. The van der Waals surface area contributed by atoms with Crippen molar-refractivity contribution in [1.82, 2.24) is 0 Å². The van der Waals surface area contributed by atoms with E-state index in [9.17, 15) is 0 Å². The molecule has 0 spiro atoms. The van der Waals surface area contributed by atoms with Crippen molar-refractivity contribution in [3.8, 4) is 0 Å². The quantitative estimate of drug-likeness (QED) is 0.396. The van der Waals surface area contributed by atoms with Crippen molar-refractivity contribution in [1.29, 1.82) is 0 Å². The number of hydrogen-bond donors (Lipinski definition) is 0. The third kappa shape index (κ3) is 10.1. The second-order valence-electron chi connectivity index (χ2n) is 5.26. The molecule has 2 aromatic rings. The molecule has 2 heteroatoms. The molecule has 0 aliphatic heterocycles. The fraction of sp³-hybridized carbons (Fsp3) is 0.304. The van der Waals surface area contributed by atoms with Gasteiger partial charge in [-0.25, -0.2) is 0 Å². The lowest BCUT2D eigenvalue weighted by atomic mass is 9.95. The minimum atomic E-state index is 0.361. The van der Waals surface area contributed by atoms with Crippen molar-refractivity contribution >= 4 is 0 Å². The fourth-order valence-corrected chi connectivity index (χ4v) is 2.10. The summed E-state index contributed by atoms with van der Waals surface area (Å²) in [6.07, 6.45) is 4.81. The molecule has 0 N–H and O–H groups in total. The van der Waals surface area contributed by atoms with Gasteiger partial charge in [0.2, 0.25) is 0 Å². The Bertz CT molecular complexity index is 598. The first-order valence-electron chi connectivity index (χ1n) is 8.80. The minimum absolute atomic E-state index is 0.361. The van der Waals surface area contributed by atoms with E-state index in [1.54, 1.807) is 7.05 Å². The third-order valence-electron chi connectivity index (χ3n) is 3.45. The van der Waals surface area contributed by atoms with Crippen LogP contribution >= 0.6 is 0 Å². The summed E-state index contributed by atoms with van der Waals surface area (Å²) in [5, 5.41) is 7.69. The summed E-state index contributed by atoms with van der Waals surface area (Å²) >= 11 is 0. The van der Waals surface area contributed by atoms with Crippen LogP contribution in [0.1, 0.15) is 42.9 Å². The second kappa shape index (κ2) is 15.1. The molecule has 0 saturated carbocycles. The first kappa shape index (κ1) is 22.5. The number of aryl methyl sites for hydroxylation is 1. The van der Waals surface area contributed by atoms with Crippen LogP contribution in [0.4, 0.5) is 0 Å². The lowest BCUT2D eigenvalue weighted by Crippen LogP contribution is -1.93.